The Labute approximate surface area is 138 Å². The summed E-state index contributed by atoms with van der Waals surface area (Å²) in [4.78, 5) is 11.9. The van der Waals surface area contributed by atoms with E-state index in [0.717, 1.165) is 11.1 Å². The zero-order chi connectivity index (χ0) is 16.7. The Bertz CT molecular complexity index is 605. The van der Waals surface area contributed by atoms with E-state index in [1.54, 1.807) is 0 Å². The van der Waals surface area contributed by atoms with Crippen molar-refractivity contribution in [3.63, 3.8) is 0 Å². The molecule has 0 radical (unpaired) electrons. The van der Waals surface area contributed by atoms with Gasteiger partial charge in [0.05, 0.1) is 6.10 Å². The van der Waals surface area contributed by atoms with E-state index in [9.17, 15) is 9.90 Å². The molecule has 1 amide bonds. The van der Waals surface area contributed by atoms with Crippen LogP contribution in [0, 0.1) is 0 Å². The van der Waals surface area contributed by atoms with E-state index in [1.807, 2.05) is 54.6 Å². The Morgan fingerprint density at radius 2 is 1.61 bits per heavy atom. The van der Waals surface area contributed by atoms with Gasteiger partial charge >= 0.3 is 0 Å². The maximum absolute atomic E-state index is 11.9. The zero-order valence-corrected chi connectivity index (χ0v) is 13.8. The van der Waals surface area contributed by atoms with Crippen molar-refractivity contribution in [2.75, 3.05) is 6.54 Å². The highest BCUT2D eigenvalue weighted by Gasteiger charge is 2.10. The summed E-state index contributed by atoms with van der Waals surface area (Å²) in [6.45, 7) is 4.52. The molecule has 23 heavy (non-hydrogen) atoms. The molecule has 3 heteroatoms. The Morgan fingerprint density at radius 1 is 1.00 bits per heavy atom. The van der Waals surface area contributed by atoms with Crippen LogP contribution in [0.2, 0.25) is 0 Å². The Hall–Kier alpha value is -2.13. The van der Waals surface area contributed by atoms with Gasteiger partial charge in [0.15, 0.2) is 0 Å². The lowest BCUT2D eigenvalue weighted by Gasteiger charge is -2.14. The summed E-state index contributed by atoms with van der Waals surface area (Å²) in [5.41, 5.74) is 3.22. The van der Waals surface area contributed by atoms with Crippen LogP contribution < -0.4 is 5.32 Å². The number of hydrogen-bond donors (Lipinski definition) is 2. The monoisotopic (exact) mass is 311 g/mol. The van der Waals surface area contributed by atoms with E-state index in [4.69, 9.17) is 0 Å². The molecule has 122 valence electrons. The lowest BCUT2D eigenvalue weighted by molar-refractivity contribution is -0.121. The smallest absolute Gasteiger partial charge is 0.220 e. The Kier molecular flexibility index (Phi) is 6.36. The van der Waals surface area contributed by atoms with Crippen LogP contribution in [0.4, 0.5) is 0 Å². The third kappa shape index (κ3) is 5.53. The molecule has 2 rings (SSSR count). The average molecular weight is 311 g/mol. The molecule has 3 nitrogen and oxygen atoms in total. The summed E-state index contributed by atoms with van der Waals surface area (Å²) >= 11 is 0. The van der Waals surface area contributed by atoms with E-state index in [2.05, 4.69) is 19.2 Å². The summed E-state index contributed by atoms with van der Waals surface area (Å²) in [7, 11) is 0. The number of carbonyl (C=O) groups excluding carboxylic acids is 1. The molecule has 0 bridgehead atoms. The average Bonchev–Trinajstić information content (AvgIpc) is 2.58. The minimum Gasteiger partial charge on any atom is -0.387 e. The van der Waals surface area contributed by atoms with Crippen LogP contribution in [0.3, 0.4) is 0 Å². The van der Waals surface area contributed by atoms with Gasteiger partial charge in [0.2, 0.25) is 5.91 Å². The first-order valence-electron chi connectivity index (χ1n) is 8.15. The van der Waals surface area contributed by atoms with E-state index in [0.29, 0.717) is 18.8 Å². The maximum Gasteiger partial charge on any atom is 0.220 e. The summed E-state index contributed by atoms with van der Waals surface area (Å²) in [5.74, 6) is 0.436. The van der Waals surface area contributed by atoms with Crippen molar-refractivity contribution in [1.82, 2.24) is 5.32 Å². The van der Waals surface area contributed by atoms with Crippen LogP contribution in [0.15, 0.2) is 54.6 Å². The second kappa shape index (κ2) is 8.49. The van der Waals surface area contributed by atoms with Gasteiger partial charge in [-0.05, 0) is 29.0 Å². The molecule has 0 spiro atoms. The Morgan fingerprint density at radius 3 is 2.22 bits per heavy atom. The molecule has 2 N–H and O–H groups in total. The summed E-state index contributed by atoms with van der Waals surface area (Å²) in [6, 6.07) is 17.8. The molecule has 0 saturated heterocycles. The molecule has 0 aliphatic carbocycles. The molecule has 2 aromatic carbocycles. The molecule has 0 aliphatic heterocycles. The highest BCUT2D eigenvalue weighted by Crippen LogP contribution is 2.18. The highest BCUT2D eigenvalue weighted by molar-refractivity contribution is 5.76. The molecule has 0 fully saturated rings. The van der Waals surface area contributed by atoms with Crippen LogP contribution in [0.1, 0.15) is 49.0 Å². The number of benzene rings is 2. The number of aliphatic hydroxyl groups is 1. The van der Waals surface area contributed by atoms with E-state index < -0.39 is 6.10 Å². The quantitative estimate of drug-likeness (QED) is 0.821. The van der Waals surface area contributed by atoms with Gasteiger partial charge in [0.25, 0.3) is 0 Å². The van der Waals surface area contributed by atoms with Crippen LogP contribution in [-0.2, 0) is 11.2 Å². The number of rotatable bonds is 7. The number of amides is 1. The molecular weight excluding hydrogens is 286 g/mol. The summed E-state index contributed by atoms with van der Waals surface area (Å²) in [6.07, 6.45) is 0.478. The lowest BCUT2D eigenvalue weighted by Crippen LogP contribution is -2.28. The molecule has 1 unspecified atom stereocenters. The second-order valence-electron chi connectivity index (χ2n) is 6.13. The molecule has 0 heterocycles. The number of carbonyl (C=O) groups is 1. The molecular formula is C20H25NO2. The van der Waals surface area contributed by atoms with Gasteiger partial charge in [-0.25, -0.2) is 0 Å². The number of aliphatic hydroxyl groups excluding tert-OH is 1. The lowest BCUT2D eigenvalue weighted by atomic mass is 10.00. The van der Waals surface area contributed by atoms with E-state index in [1.165, 1.54) is 5.56 Å². The first-order chi connectivity index (χ1) is 11.1. The molecule has 2 aromatic rings. The van der Waals surface area contributed by atoms with Crippen molar-refractivity contribution >= 4 is 5.91 Å². The maximum atomic E-state index is 11.9. The van der Waals surface area contributed by atoms with Gasteiger partial charge in [-0.2, -0.15) is 0 Å². The van der Waals surface area contributed by atoms with Gasteiger partial charge in [-0.15, -0.1) is 0 Å². The minimum absolute atomic E-state index is 0.0355. The van der Waals surface area contributed by atoms with Crippen LogP contribution in [-0.4, -0.2) is 17.6 Å². The molecule has 0 aromatic heterocycles. The molecule has 0 aliphatic rings. The largest absolute Gasteiger partial charge is 0.387 e. The van der Waals surface area contributed by atoms with Crippen LogP contribution in [0.5, 0.6) is 0 Å². The fourth-order valence-electron chi connectivity index (χ4n) is 2.42. The van der Waals surface area contributed by atoms with Gasteiger partial charge in [0.1, 0.15) is 0 Å². The first-order valence-corrected chi connectivity index (χ1v) is 8.15. The molecule has 0 saturated carbocycles. The SMILES string of the molecule is CC(C)c1ccc(C(O)CNC(=O)CCc2ccccc2)cc1. The highest BCUT2D eigenvalue weighted by atomic mass is 16.3. The predicted molar refractivity (Wildman–Crippen MR) is 93.3 cm³/mol. The first kappa shape index (κ1) is 17.2. The van der Waals surface area contributed by atoms with Gasteiger partial charge < -0.3 is 10.4 Å². The van der Waals surface area contributed by atoms with Crippen molar-refractivity contribution in [2.24, 2.45) is 0 Å². The normalized spacial score (nSPS) is 12.2. The van der Waals surface area contributed by atoms with Crippen molar-refractivity contribution in [1.29, 1.82) is 0 Å². The van der Waals surface area contributed by atoms with Gasteiger partial charge in [-0.3, -0.25) is 4.79 Å². The fourth-order valence-corrected chi connectivity index (χ4v) is 2.42. The number of nitrogens with one attached hydrogen (secondary N) is 1. The van der Waals surface area contributed by atoms with Gasteiger partial charge in [0, 0.05) is 13.0 Å². The minimum atomic E-state index is -0.670. The summed E-state index contributed by atoms with van der Waals surface area (Å²) < 4.78 is 0. The zero-order valence-electron chi connectivity index (χ0n) is 13.8. The predicted octanol–water partition coefficient (Wildman–Crippen LogP) is 3.59. The third-order valence-electron chi connectivity index (χ3n) is 3.96. The fraction of sp³-hybridized carbons (Fsp3) is 0.350. The third-order valence-corrected chi connectivity index (χ3v) is 3.96. The number of hydrogen-bond acceptors (Lipinski definition) is 2. The second-order valence-corrected chi connectivity index (χ2v) is 6.13. The summed E-state index contributed by atoms with van der Waals surface area (Å²) in [5, 5.41) is 13.0. The topological polar surface area (TPSA) is 49.3 Å². The van der Waals surface area contributed by atoms with Crippen LogP contribution in [0.25, 0.3) is 0 Å². The van der Waals surface area contributed by atoms with Crippen molar-refractivity contribution < 1.29 is 9.90 Å². The Balaban J connectivity index is 1.77. The van der Waals surface area contributed by atoms with Crippen molar-refractivity contribution in [3.8, 4) is 0 Å². The van der Waals surface area contributed by atoms with Crippen molar-refractivity contribution in [3.05, 3.63) is 71.3 Å². The molecule has 1 atom stereocenters. The van der Waals surface area contributed by atoms with Crippen LogP contribution >= 0.6 is 0 Å². The van der Waals surface area contributed by atoms with E-state index in [-0.39, 0.29) is 12.5 Å². The van der Waals surface area contributed by atoms with Gasteiger partial charge in [-0.1, -0.05) is 68.4 Å². The van der Waals surface area contributed by atoms with E-state index >= 15 is 0 Å². The number of aryl methyl sites for hydroxylation is 1. The van der Waals surface area contributed by atoms with Crippen molar-refractivity contribution in [2.45, 2.75) is 38.7 Å². The standard InChI is InChI=1S/C20H25NO2/c1-15(2)17-9-11-18(12-10-17)19(22)14-21-20(23)13-8-16-6-4-3-5-7-16/h3-7,9-12,15,19,22H,8,13-14H2,1-2H3,(H,21,23).